The highest BCUT2D eigenvalue weighted by Crippen LogP contribution is 2.26. The molecule has 2 aromatic carbocycles. The normalized spacial score (nSPS) is 14.5. The molecular formula is C19H17NO4. The molecule has 0 saturated heterocycles. The second kappa shape index (κ2) is 6.66. The maximum Gasteiger partial charge on any atom is 0.329 e. The van der Waals surface area contributed by atoms with Gasteiger partial charge in [0.15, 0.2) is 0 Å². The summed E-state index contributed by atoms with van der Waals surface area (Å²) in [5.41, 5.74) is 1.69. The van der Waals surface area contributed by atoms with Crippen molar-refractivity contribution in [3.63, 3.8) is 0 Å². The van der Waals surface area contributed by atoms with E-state index in [1.807, 2.05) is 30.3 Å². The van der Waals surface area contributed by atoms with Crippen LogP contribution in [0.5, 0.6) is 0 Å². The van der Waals surface area contributed by atoms with E-state index in [-0.39, 0.29) is 0 Å². The van der Waals surface area contributed by atoms with E-state index in [0.717, 1.165) is 10.5 Å². The minimum absolute atomic E-state index is 0.322. The van der Waals surface area contributed by atoms with Gasteiger partial charge in [-0.1, -0.05) is 42.5 Å². The molecule has 0 aliphatic carbocycles. The molecule has 0 radical (unpaired) electrons. The van der Waals surface area contributed by atoms with Crippen LogP contribution in [0.3, 0.4) is 0 Å². The summed E-state index contributed by atoms with van der Waals surface area (Å²) in [6.07, 6.45) is 0.885. The Bertz CT molecular complexity index is 750. The van der Waals surface area contributed by atoms with Crippen LogP contribution in [0.2, 0.25) is 0 Å². The predicted octanol–water partition coefficient (Wildman–Crippen LogP) is 2.46. The molecule has 5 heteroatoms. The number of nitrogens with zero attached hydrogens (tertiary/aromatic N) is 1. The maximum atomic E-state index is 12.6. The molecule has 1 heterocycles. The lowest BCUT2D eigenvalue weighted by Gasteiger charge is -2.24. The van der Waals surface area contributed by atoms with E-state index in [2.05, 4.69) is 0 Å². The van der Waals surface area contributed by atoms with E-state index in [9.17, 15) is 14.4 Å². The Kier molecular flexibility index (Phi) is 4.42. The van der Waals surface area contributed by atoms with Crippen molar-refractivity contribution in [3.8, 4) is 0 Å². The molecule has 24 heavy (non-hydrogen) atoms. The fourth-order valence-electron chi connectivity index (χ4n) is 2.93. The second-order valence-corrected chi connectivity index (χ2v) is 5.59. The number of methoxy groups -OCH3 is 1. The predicted molar refractivity (Wildman–Crippen MR) is 87.5 cm³/mol. The fourth-order valence-corrected chi connectivity index (χ4v) is 2.93. The highest BCUT2D eigenvalue weighted by Gasteiger charge is 2.42. The SMILES string of the molecule is COC(=O)C(CCc1ccccc1)N1C(=O)c2ccccc2C1=O. The Labute approximate surface area is 139 Å². The van der Waals surface area contributed by atoms with E-state index in [1.54, 1.807) is 24.3 Å². The van der Waals surface area contributed by atoms with Crippen LogP contribution in [0, 0.1) is 0 Å². The zero-order chi connectivity index (χ0) is 17.1. The monoisotopic (exact) mass is 323 g/mol. The van der Waals surface area contributed by atoms with Crippen molar-refractivity contribution in [2.45, 2.75) is 18.9 Å². The number of fused-ring (bicyclic) bond motifs is 1. The largest absolute Gasteiger partial charge is 0.467 e. The minimum atomic E-state index is -0.928. The third kappa shape index (κ3) is 2.80. The topological polar surface area (TPSA) is 63.7 Å². The van der Waals surface area contributed by atoms with Gasteiger partial charge in [-0.3, -0.25) is 14.5 Å². The van der Waals surface area contributed by atoms with Crippen LogP contribution in [0.1, 0.15) is 32.7 Å². The van der Waals surface area contributed by atoms with Gasteiger partial charge in [-0.15, -0.1) is 0 Å². The Balaban J connectivity index is 1.86. The summed E-state index contributed by atoms with van der Waals surface area (Å²) < 4.78 is 4.82. The van der Waals surface area contributed by atoms with Gasteiger partial charge in [0.1, 0.15) is 6.04 Å². The Morgan fingerprint density at radius 1 is 0.958 bits per heavy atom. The van der Waals surface area contributed by atoms with Gasteiger partial charge in [-0.05, 0) is 30.5 Å². The molecule has 1 aliphatic rings. The fraction of sp³-hybridized carbons (Fsp3) is 0.211. The summed E-state index contributed by atoms with van der Waals surface area (Å²) in [6.45, 7) is 0. The molecule has 0 bridgehead atoms. The van der Waals surface area contributed by atoms with Gasteiger partial charge < -0.3 is 4.74 Å². The van der Waals surface area contributed by atoms with Gasteiger partial charge in [0.25, 0.3) is 11.8 Å². The van der Waals surface area contributed by atoms with Gasteiger partial charge in [0.05, 0.1) is 18.2 Å². The number of hydrogen-bond donors (Lipinski definition) is 0. The summed E-state index contributed by atoms with van der Waals surface area (Å²) in [5.74, 6) is -1.47. The molecule has 0 aromatic heterocycles. The summed E-state index contributed by atoms with van der Waals surface area (Å²) in [5, 5.41) is 0. The van der Waals surface area contributed by atoms with Crippen molar-refractivity contribution in [2.24, 2.45) is 0 Å². The molecule has 0 fully saturated rings. The van der Waals surface area contributed by atoms with Crippen molar-refractivity contribution in [2.75, 3.05) is 7.11 Å². The summed E-state index contributed by atoms with van der Waals surface area (Å²) in [7, 11) is 1.26. The third-order valence-corrected chi connectivity index (χ3v) is 4.16. The number of benzene rings is 2. The first-order valence-electron chi connectivity index (χ1n) is 7.72. The van der Waals surface area contributed by atoms with Crippen molar-refractivity contribution < 1.29 is 19.1 Å². The van der Waals surface area contributed by atoms with E-state index >= 15 is 0 Å². The number of ether oxygens (including phenoxy) is 1. The number of hydrogen-bond acceptors (Lipinski definition) is 4. The molecule has 0 N–H and O–H groups in total. The van der Waals surface area contributed by atoms with Gasteiger partial charge in [0, 0.05) is 0 Å². The molecular weight excluding hydrogens is 306 g/mol. The number of imide groups is 1. The number of carbonyl (C=O) groups is 3. The van der Waals surface area contributed by atoms with E-state index in [4.69, 9.17) is 4.74 Å². The molecule has 3 rings (SSSR count). The van der Waals surface area contributed by atoms with Gasteiger partial charge >= 0.3 is 5.97 Å². The van der Waals surface area contributed by atoms with Crippen molar-refractivity contribution in [3.05, 3.63) is 71.3 Å². The molecule has 0 saturated carbocycles. The lowest BCUT2D eigenvalue weighted by Crippen LogP contribution is -2.45. The first-order chi connectivity index (χ1) is 11.6. The Hall–Kier alpha value is -2.95. The molecule has 5 nitrogen and oxygen atoms in total. The van der Waals surface area contributed by atoms with Crippen LogP contribution in [-0.2, 0) is 16.0 Å². The van der Waals surface area contributed by atoms with Gasteiger partial charge in [-0.2, -0.15) is 0 Å². The van der Waals surface area contributed by atoms with Crippen LogP contribution in [0.4, 0.5) is 0 Å². The van der Waals surface area contributed by atoms with Crippen LogP contribution in [-0.4, -0.2) is 35.8 Å². The van der Waals surface area contributed by atoms with E-state index in [0.29, 0.717) is 24.0 Å². The lowest BCUT2D eigenvalue weighted by atomic mass is 10.0. The quantitative estimate of drug-likeness (QED) is 0.626. The Morgan fingerprint density at radius 3 is 2.04 bits per heavy atom. The zero-order valence-corrected chi connectivity index (χ0v) is 13.3. The van der Waals surface area contributed by atoms with Crippen LogP contribution >= 0.6 is 0 Å². The molecule has 0 spiro atoms. The summed E-state index contributed by atoms with van der Waals surface area (Å²) >= 11 is 0. The van der Waals surface area contributed by atoms with E-state index in [1.165, 1.54) is 7.11 Å². The number of esters is 1. The first-order valence-corrected chi connectivity index (χ1v) is 7.72. The van der Waals surface area contributed by atoms with Crippen LogP contribution in [0.15, 0.2) is 54.6 Å². The van der Waals surface area contributed by atoms with Gasteiger partial charge in [-0.25, -0.2) is 4.79 Å². The number of carbonyl (C=O) groups excluding carboxylic acids is 3. The molecule has 1 unspecified atom stereocenters. The first kappa shape index (κ1) is 15.9. The zero-order valence-electron chi connectivity index (χ0n) is 13.3. The standard InChI is InChI=1S/C19H17NO4/c1-24-19(23)16(12-11-13-7-3-2-4-8-13)20-17(21)14-9-5-6-10-15(14)18(20)22/h2-10,16H,11-12H2,1H3. The van der Waals surface area contributed by atoms with Crippen LogP contribution < -0.4 is 0 Å². The molecule has 1 atom stereocenters. The highest BCUT2D eigenvalue weighted by atomic mass is 16.5. The molecule has 2 aromatic rings. The average Bonchev–Trinajstić information content (AvgIpc) is 2.88. The smallest absolute Gasteiger partial charge is 0.329 e. The Morgan fingerprint density at radius 2 is 1.50 bits per heavy atom. The summed E-state index contributed by atoms with van der Waals surface area (Å²) in [6, 6.07) is 15.3. The van der Waals surface area contributed by atoms with Crippen molar-refractivity contribution in [1.82, 2.24) is 4.90 Å². The number of amides is 2. The minimum Gasteiger partial charge on any atom is -0.467 e. The van der Waals surface area contributed by atoms with Crippen molar-refractivity contribution >= 4 is 17.8 Å². The van der Waals surface area contributed by atoms with Crippen LogP contribution in [0.25, 0.3) is 0 Å². The number of rotatable bonds is 5. The lowest BCUT2D eigenvalue weighted by molar-refractivity contribution is -0.145. The highest BCUT2D eigenvalue weighted by molar-refractivity contribution is 6.22. The molecule has 122 valence electrons. The third-order valence-electron chi connectivity index (χ3n) is 4.16. The molecule has 2 amide bonds. The summed E-state index contributed by atoms with van der Waals surface area (Å²) in [4.78, 5) is 38.4. The number of aryl methyl sites for hydroxylation is 1. The second-order valence-electron chi connectivity index (χ2n) is 5.59. The van der Waals surface area contributed by atoms with Crippen molar-refractivity contribution in [1.29, 1.82) is 0 Å². The maximum absolute atomic E-state index is 12.6. The molecule has 1 aliphatic heterocycles. The van der Waals surface area contributed by atoms with E-state index < -0.39 is 23.8 Å². The average molecular weight is 323 g/mol. The van der Waals surface area contributed by atoms with Gasteiger partial charge in [0.2, 0.25) is 0 Å².